The van der Waals surface area contributed by atoms with Gasteiger partial charge in [-0.05, 0) is 36.6 Å². The van der Waals surface area contributed by atoms with E-state index in [9.17, 15) is 4.79 Å². The molecule has 0 spiro atoms. The van der Waals surface area contributed by atoms with Crippen LogP contribution in [0.5, 0.6) is 0 Å². The Bertz CT molecular complexity index is 545. The molecule has 0 unspecified atom stereocenters. The molecule has 106 valence electrons. The normalized spacial score (nSPS) is 10.8. The van der Waals surface area contributed by atoms with Gasteiger partial charge in [0.2, 0.25) is 5.91 Å². The molecule has 0 saturated carbocycles. The van der Waals surface area contributed by atoms with Crippen molar-refractivity contribution in [1.82, 2.24) is 10.3 Å². The molecule has 0 aliphatic heterocycles. The van der Waals surface area contributed by atoms with Crippen LogP contribution in [0.2, 0.25) is 0 Å². The van der Waals surface area contributed by atoms with Crippen LogP contribution in [0.15, 0.2) is 41.3 Å². The van der Waals surface area contributed by atoms with Crippen LogP contribution in [0.4, 0.5) is 0 Å². The first-order chi connectivity index (χ1) is 9.74. The van der Waals surface area contributed by atoms with Crippen LogP contribution >= 0.6 is 0 Å². The van der Waals surface area contributed by atoms with E-state index >= 15 is 0 Å². The van der Waals surface area contributed by atoms with E-state index in [1.165, 1.54) is 0 Å². The van der Waals surface area contributed by atoms with Crippen molar-refractivity contribution in [1.29, 1.82) is 0 Å². The van der Waals surface area contributed by atoms with E-state index in [2.05, 4.69) is 10.3 Å². The summed E-state index contributed by atoms with van der Waals surface area (Å²) in [4.78, 5) is 16.1. The summed E-state index contributed by atoms with van der Waals surface area (Å²) in [5, 5.41) is 2.96. The van der Waals surface area contributed by atoms with Crippen LogP contribution in [0, 0.1) is 5.92 Å². The minimum absolute atomic E-state index is 0.0937. The molecule has 1 amide bonds. The van der Waals surface area contributed by atoms with Gasteiger partial charge in [0.05, 0.1) is 6.26 Å². The predicted molar refractivity (Wildman–Crippen MR) is 77.9 cm³/mol. The van der Waals surface area contributed by atoms with Crippen molar-refractivity contribution in [3.05, 3.63) is 42.4 Å². The Morgan fingerprint density at radius 2 is 2.15 bits per heavy atom. The molecular formula is C16H20N2O2. The van der Waals surface area contributed by atoms with Crippen LogP contribution in [0.3, 0.4) is 0 Å². The minimum atomic E-state index is 0.0937. The second-order valence-corrected chi connectivity index (χ2v) is 4.79. The predicted octanol–water partition coefficient (Wildman–Crippen LogP) is 3.39. The number of nitrogens with one attached hydrogen (secondary N) is 1. The van der Waals surface area contributed by atoms with Crippen molar-refractivity contribution < 1.29 is 9.21 Å². The van der Waals surface area contributed by atoms with E-state index in [0.717, 1.165) is 29.7 Å². The number of carbonyl (C=O) groups is 1. The van der Waals surface area contributed by atoms with Gasteiger partial charge in [0, 0.05) is 30.4 Å². The number of rotatable bonds is 6. The zero-order valence-corrected chi connectivity index (χ0v) is 11.9. The first-order valence-electron chi connectivity index (χ1n) is 7.00. The van der Waals surface area contributed by atoms with Crippen LogP contribution in [-0.4, -0.2) is 10.9 Å². The molecule has 2 rings (SSSR count). The fourth-order valence-corrected chi connectivity index (χ4v) is 2.15. The van der Waals surface area contributed by atoms with Gasteiger partial charge in [-0.25, -0.2) is 0 Å². The Kier molecular flexibility index (Phi) is 4.93. The van der Waals surface area contributed by atoms with Gasteiger partial charge in [0.1, 0.15) is 5.76 Å². The van der Waals surface area contributed by atoms with E-state index in [1.54, 1.807) is 18.7 Å². The van der Waals surface area contributed by atoms with Crippen molar-refractivity contribution in [2.45, 2.75) is 33.2 Å². The van der Waals surface area contributed by atoms with Gasteiger partial charge in [0.15, 0.2) is 0 Å². The van der Waals surface area contributed by atoms with Crippen LogP contribution in [0.1, 0.15) is 32.3 Å². The number of carbonyl (C=O) groups excluding carboxylic acids is 1. The fraction of sp³-hybridized carbons (Fsp3) is 0.375. The van der Waals surface area contributed by atoms with Gasteiger partial charge < -0.3 is 9.73 Å². The topological polar surface area (TPSA) is 55.1 Å². The fourth-order valence-electron chi connectivity index (χ4n) is 2.15. The monoisotopic (exact) mass is 272 g/mol. The van der Waals surface area contributed by atoms with Crippen molar-refractivity contribution in [2.75, 3.05) is 0 Å². The molecule has 2 aromatic heterocycles. The molecule has 2 heterocycles. The highest BCUT2D eigenvalue weighted by atomic mass is 16.3. The molecule has 0 radical (unpaired) electrons. The molecule has 4 nitrogen and oxygen atoms in total. The summed E-state index contributed by atoms with van der Waals surface area (Å²) >= 11 is 0. The zero-order chi connectivity index (χ0) is 14.4. The van der Waals surface area contributed by atoms with E-state index in [-0.39, 0.29) is 11.8 Å². The molecule has 0 saturated heterocycles. The quantitative estimate of drug-likeness (QED) is 0.877. The van der Waals surface area contributed by atoms with Crippen molar-refractivity contribution in [3.8, 4) is 11.3 Å². The number of hydrogen-bond donors (Lipinski definition) is 1. The largest absolute Gasteiger partial charge is 0.464 e. The molecule has 0 aliphatic carbocycles. The summed E-state index contributed by atoms with van der Waals surface area (Å²) in [5.74, 6) is 0.986. The number of furan rings is 1. The first kappa shape index (κ1) is 14.3. The highest BCUT2D eigenvalue weighted by Crippen LogP contribution is 2.19. The number of amides is 1. The van der Waals surface area contributed by atoms with Gasteiger partial charge in [-0.1, -0.05) is 13.8 Å². The lowest BCUT2D eigenvalue weighted by Crippen LogP contribution is -2.29. The second kappa shape index (κ2) is 6.89. The molecule has 20 heavy (non-hydrogen) atoms. The Hall–Kier alpha value is -2.10. The van der Waals surface area contributed by atoms with Crippen LogP contribution in [0.25, 0.3) is 11.3 Å². The minimum Gasteiger partial charge on any atom is -0.464 e. The lowest BCUT2D eigenvalue weighted by molar-refractivity contribution is -0.125. The number of aromatic nitrogens is 1. The standard InChI is InChI=1S/C16H20N2O2/c1-3-13(4-2)16(19)18-10-12-8-14(11-17-9-12)15-6-5-7-20-15/h5-9,11,13H,3-4,10H2,1-2H3,(H,18,19). The summed E-state index contributed by atoms with van der Waals surface area (Å²) < 4.78 is 5.35. The highest BCUT2D eigenvalue weighted by molar-refractivity contribution is 5.78. The van der Waals surface area contributed by atoms with Gasteiger partial charge in [0.25, 0.3) is 0 Å². The Morgan fingerprint density at radius 1 is 1.35 bits per heavy atom. The van der Waals surface area contributed by atoms with E-state index < -0.39 is 0 Å². The molecule has 2 aromatic rings. The molecule has 4 heteroatoms. The molecule has 0 fully saturated rings. The SMILES string of the molecule is CCC(CC)C(=O)NCc1cncc(-c2ccco2)c1. The third-order valence-electron chi connectivity index (χ3n) is 3.42. The number of hydrogen-bond acceptors (Lipinski definition) is 3. The summed E-state index contributed by atoms with van der Waals surface area (Å²) in [6.45, 7) is 4.57. The third kappa shape index (κ3) is 3.47. The lowest BCUT2D eigenvalue weighted by atomic mass is 10.0. The lowest BCUT2D eigenvalue weighted by Gasteiger charge is -2.12. The molecule has 0 atom stereocenters. The summed E-state index contributed by atoms with van der Waals surface area (Å²) in [7, 11) is 0. The smallest absolute Gasteiger partial charge is 0.223 e. The van der Waals surface area contributed by atoms with Crippen molar-refractivity contribution in [2.24, 2.45) is 5.92 Å². The van der Waals surface area contributed by atoms with Crippen molar-refractivity contribution >= 4 is 5.91 Å². The van der Waals surface area contributed by atoms with E-state index in [0.29, 0.717) is 6.54 Å². The van der Waals surface area contributed by atoms with Crippen LogP contribution in [-0.2, 0) is 11.3 Å². The van der Waals surface area contributed by atoms with Gasteiger partial charge in [-0.2, -0.15) is 0 Å². The summed E-state index contributed by atoms with van der Waals surface area (Å²) in [5.41, 5.74) is 1.89. The first-order valence-corrected chi connectivity index (χ1v) is 7.00. The maximum Gasteiger partial charge on any atom is 0.223 e. The van der Waals surface area contributed by atoms with Gasteiger partial charge >= 0.3 is 0 Å². The van der Waals surface area contributed by atoms with Crippen molar-refractivity contribution in [3.63, 3.8) is 0 Å². The van der Waals surface area contributed by atoms with E-state index in [4.69, 9.17) is 4.42 Å². The number of nitrogens with zero attached hydrogens (tertiary/aromatic N) is 1. The highest BCUT2D eigenvalue weighted by Gasteiger charge is 2.13. The Labute approximate surface area is 119 Å². The maximum absolute atomic E-state index is 11.9. The summed E-state index contributed by atoms with van der Waals surface area (Å²) in [6.07, 6.45) is 6.89. The van der Waals surface area contributed by atoms with Crippen LogP contribution < -0.4 is 5.32 Å². The second-order valence-electron chi connectivity index (χ2n) is 4.79. The molecule has 0 aromatic carbocycles. The zero-order valence-electron chi connectivity index (χ0n) is 11.9. The summed E-state index contributed by atoms with van der Waals surface area (Å²) in [6, 6.07) is 5.72. The maximum atomic E-state index is 11.9. The average molecular weight is 272 g/mol. The Morgan fingerprint density at radius 3 is 2.80 bits per heavy atom. The Balaban J connectivity index is 2.00. The molecule has 0 bridgehead atoms. The third-order valence-corrected chi connectivity index (χ3v) is 3.42. The molecular weight excluding hydrogens is 252 g/mol. The van der Waals surface area contributed by atoms with Gasteiger partial charge in [-0.15, -0.1) is 0 Å². The molecule has 1 N–H and O–H groups in total. The van der Waals surface area contributed by atoms with Gasteiger partial charge in [-0.3, -0.25) is 9.78 Å². The van der Waals surface area contributed by atoms with E-state index in [1.807, 2.05) is 32.0 Å². The molecule has 0 aliphatic rings. The average Bonchev–Trinajstić information content (AvgIpc) is 3.01. The number of pyridine rings is 1.